The van der Waals surface area contributed by atoms with Crippen molar-refractivity contribution in [1.29, 1.82) is 0 Å². The van der Waals surface area contributed by atoms with Gasteiger partial charge in [-0.1, -0.05) is 0 Å². The fourth-order valence-electron chi connectivity index (χ4n) is 1.29. The van der Waals surface area contributed by atoms with E-state index in [1.807, 2.05) is 13.8 Å². The summed E-state index contributed by atoms with van der Waals surface area (Å²) < 4.78 is 22.1. The first-order valence-corrected chi connectivity index (χ1v) is 9.37. The summed E-state index contributed by atoms with van der Waals surface area (Å²) >= 11 is 0. The van der Waals surface area contributed by atoms with Gasteiger partial charge in [0.25, 0.3) is 0 Å². The van der Waals surface area contributed by atoms with Crippen LogP contribution in [0.25, 0.3) is 0 Å². The van der Waals surface area contributed by atoms with Gasteiger partial charge in [0.15, 0.2) is 0 Å². The molecule has 0 amide bonds. The summed E-state index contributed by atoms with van der Waals surface area (Å²) in [6.07, 6.45) is 1.87. The zero-order valence-electron chi connectivity index (χ0n) is 11.8. The van der Waals surface area contributed by atoms with Gasteiger partial charge in [-0.25, -0.2) is 0 Å². The molecule has 0 saturated carbocycles. The van der Waals surface area contributed by atoms with Gasteiger partial charge in [-0.2, -0.15) is 0 Å². The maximum absolute atomic E-state index is 5.78. The molecule has 0 fully saturated rings. The molecule has 0 N–H and O–H groups in total. The molecule has 0 aliphatic rings. The minimum absolute atomic E-state index is 0.727. The van der Waals surface area contributed by atoms with Gasteiger partial charge in [-0.3, -0.25) is 0 Å². The lowest BCUT2D eigenvalue weighted by molar-refractivity contribution is 0.105. The largest absolute Gasteiger partial charge is 0.394 e. The van der Waals surface area contributed by atoms with E-state index in [2.05, 4.69) is 13.1 Å². The van der Waals surface area contributed by atoms with E-state index < -0.39 is 8.56 Å². The number of hydrogen-bond donors (Lipinski definition) is 0. The molecule has 0 aromatic rings. The van der Waals surface area contributed by atoms with Gasteiger partial charge in [0.2, 0.25) is 0 Å². The maximum atomic E-state index is 5.78. The Morgan fingerprint density at radius 3 is 1.47 bits per heavy atom. The van der Waals surface area contributed by atoms with Crippen LogP contribution in [0.3, 0.4) is 0 Å². The fraction of sp³-hybridized carbons (Fsp3) is 1.00. The lowest BCUT2D eigenvalue weighted by Gasteiger charge is -2.22. The first-order chi connectivity index (χ1) is 8.12. The van der Waals surface area contributed by atoms with Crippen molar-refractivity contribution in [1.82, 2.24) is 0 Å². The van der Waals surface area contributed by atoms with E-state index in [1.54, 1.807) is 0 Å². The van der Waals surface area contributed by atoms with Crippen molar-refractivity contribution in [3.8, 4) is 0 Å². The molecule has 5 heteroatoms. The second-order valence-electron chi connectivity index (χ2n) is 4.20. The van der Waals surface area contributed by atoms with Gasteiger partial charge in [0, 0.05) is 39.6 Å². The van der Waals surface area contributed by atoms with E-state index in [4.69, 9.17) is 18.3 Å². The Kier molecular flexibility index (Phi) is 11.2. The number of hydrogen-bond acceptors (Lipinski definition) is 4. The zero-order valence-corrected chi connectivity index (χ0v) is 12.8. The zero-order chi connectivity index (χ0) is 13.0. The minimum Gasteiger partial charge on any atom is -0.394 e. The van der Waals surface area contributed by atoms with Crippen LogP contribution in [0, 0.1) is 0 Å². The summed E-state index contributed by atoms with van der Waals surface area (Å²) in [5.74, 6) is 0. The summed E-state index contributed by atoms with van der Waals surface area (Å²) in [5, 5.41) is 0. The Bertz CT molecular complexity index is 149. The predicted molar refractivity (Wildman–Crippen MR) is 71.6 cm³/mol. The molecule has 0 bridgehead atoms. The van der Waals surface area contributed by atoms with Crippen molar-refractivity contribution < 1.29 is 18.3 Å². The lowest BCUT2D eigenvalue weighted by Crippen LogP contribution is -2.36. The highest BCUT2D eigenvalue weighted by molar-refractivity contribution is 6.64. The normalized spacial score (nSPS) is 12.0. The molecular weight excluding hydrogens is 236 g/mol. The highest BCUT2D eigenvalue weighted by Gasteiger charge is 2.23. The molecular formula is C12H28O4Si. The minimum atomic E-state index is -1.93. The standard InChI is InChI=1S/C12H28O4Si/c1-5-13-9-7-11-15-17(3,4)16-12-8-10-14-6-2/h5-12H2,1-4H3. The Morgan fingerprint density at radius 1 is 0.706 bits per heavy atom. The van der Waals surface area contributed by atoms with Crippen LogP contribution in [0.15, 0.2) is 0 Å². The van der Waals surface area contributed by atoms with Gasteiger partial charge < -0.3 is 18.3 Å². The van der Waals surface area contributed by atoms with E-state index >= 15 is 0 Å². The average molecular weight is 264 g/mol. The van der Waals surface area contributed by atoms with Crippen LogP contribution in [0.1, 0.15) is 26.7 Å². The van der Waals surface area contributed by atoms with Crippen molar-refractivity contribution in [2.24, 2.45) is 0 Å². The summed E-state index contributed by atoms with van der Waals surface area (Å²) in [6, 6.07) is 0. The molecule has 0 rings (SSSR count). The highest BCUT2D eigenvalue weighted by Crippen LogP contribution is 2.07. The lowest BCUT2D eigenvalue weighted by atomic mass is 10.5. The monoisotopic (exact) mass is 264 g/mol. The van der Waals surface area contributed by atoms with Crippen LogP contribution in [0.5, 0.6) is 0 Å². The number of ether oxygens (including phenoxy) is 2. The van der Waals surface area contributed by atoms with Crippen molar-refractivity contribution in [3.05, 3.63) is 0 Å². The number of rotatable bonds is 12. The van der Waals surface area contributed by atoms with Crippen molar-refractivity contribution in [2.45, 2.75) is 39.8 Å². The summed E-state index contributed by atoms with van der Waals surface area (Å²) in [7, 11) is -1.93. The molecule has 0 aromatic heterocycles. The molecule has 0 aliphatic carbocycles. The first-order valence-electron chi connectivity index (χ1n) is 6.55. The van der Waals surface area contributed by atoms with Crippen LogP contribution in [-0.4, -0.2) is 48.2 Å². The molecule has 0 atom stereocenters. The molecule has 0 heterocycles. The molecule has 17 heavy (non-hydrogen) atoms. The molecule has 0 aliphatic heterocycles. The topological polar surface area (TPSA) is 36.9 Å². The molecule has 0 aromatic carbocycles. The smallest absolute Gasteiger partial charge is 0.331 e. The van der Waals surface area contributed by atoms with Crippen molar-refractivity contribution in [3.63, 3.8) is 0 Å². The summed E-state index contributed by atoms with van der Waals surface area (Å²) in [6.45, 7) is 12.7. The Morgan fingerprint density at radius 2 is 1.12 bits per heavy atom. The Labute approximate surface area is 107 Å². The van der Waals surface area contributed by atoms with E-state index in [9.17, 15) is 0 Å². The highest BCUT2D eigenvalue weighted by atomic mass is 28.4. The van der Waals surface area contributed by atoms with E-state index in [1.165, 1.54) is 0 Å². The molecule has 4 nitrogen and oxygen atoms in total. The SMILES string of the molecule is CCOCCCO[Si](C)(C)OCCCOCC. The van der Waals surface area contributed by atoms with Gasteiger partial charge in [-0.15, -0.1) is 0 Å². The van der Waals surface area contributed by atoms with Crippen LogP contribution in [0.4, 0.5) is 0 Å². The first kappa shape index (κ1) is 17.1. The fourth-order valence-corrected chi connectivity index (χ4v) is 2.64. The molecule has 104 valence electrons. The second kappa shape index (κ2) is 11.2. The third kappa shape index (κ3) is 12.3. The Balaban J connectivity index is 3.38. The second-order valence-corrected chi connectivity index (χ2v) is 7.57. The van der Waals surface area contributed by atoms with E-state index in [0.29, 0.717) is 0 Å². The summed E-state index contributed by atoms with van der Waals surface area (Å²) in [5.41, 5.74) is 0. The van der Waals surface area contributed by atoms with Crippen LogP contribution < -0.4 is 0 Å². The molecule has 0 saturated heterocycles. The predicted octanol–water partition coefficient (Wildman–Crippen LogP) is 2.57. The van der Waals surface area contributed by atoms with Crippen LogP contribution >= 0.6 is 0 Å². The van der Waals surface area contributed by atoms with Crippen LogP contribution in [0.2, 0.25) is 13.1 Å². The molecule has 0 spiro atoms. The summed E-state index contributed by atoms with van der Waals surface area (Å²) in [4.78, 5) is 0. The molecule has 0 unspecified atom stereocenters. The van der Waals surface area contributed by atoms with Gasteiger partial charge in [0.05, 0.1) is 0 Å². The maximum Gasteiger partial charge on any atom is 0.331 e. The van der Waals surface area contributed by atoms with Gasteiger partial charge in [-0.05, 0) is 39.8 Å². The third-order valence-electron chi connectivity index (χ3n) is 2.17. The van der Waals surface area contributed by atoms with Crippen LogP contribution in [-0.2, 0) is 18.3 Å². The quantitative estimate of drug-likeness (QED) is 0.401. The van der Waals surface area contributed by atoms with E-state index in [0.717, 1.165) is 52.5 Å². The third-order valence-corrected chi connectivity index (χ3v) is 3.97. The van der Waals surface area contributed by atoms with Crippen molar-refractivity contribution >= 4 is 8.56 Å². The van der Waals surface area contributed by atoms with Gasteiger partial charge >= 0.3 is 8.56 Å². The molecule has 0 radical (unpaired) electrons. The Hall–Kier alpha value is 0.0569. The van der Waals surface area contributed by atoms with E-state index in [-0.39, 0.29) is 0 Å². The van der Waals surface area contributed by atoms with Crippen molar-refractivity contribution in [2.75, 3.05) is 39.6 Å². The average Bonchev–Trinajstić information content (AvgIpc) is 2.28. The van der Waals surface area contributed by atoms with Gasteiger partial charge in [0.1, 0.15) is 0 Å².